The summed E-state index contributed by atoms with van der Waals surface area (Å²) in [7, 11) is 0. The smallest absolute Gasteiger partial charge is 0.196 e. The maximum Gasteiger partial charge on any atom is 0.196 e. The number of benzene rings is 2. The fraction of sp³-hybridized carbons (Fsp3) is 0.133. The van der Waals surface area contributed by atoms with Crippen LogP contribution in [0.2, 0.25) is 0 Å². The van der Waals surface area contributed by atoms with Gasteiger partial charge in [-0.1, -0.05) is 12.1 Å². The molecule has 0 N–H and O–H groups in total. The minimum absolute atomic E-state index is 0.190. The first kappa shape index (κ1) is 13.7. The zero-order chi connectivity index (χ0) is 13.8. The van der Waals surface area contributed by atoms with Crippen LogP contribution >= 0.6 is 15.9 Å². The summed E-state index contributed by atoms with van der Waals surface area (Å²) >= 11 is 3.08. The van der Waals surface area contributed by atoms with Gasteiger partial charge in [-0.3, -0.25) is 4.79 Å². The summed E-state index contributed by atoms with van der Waals surface area (Å²) in [4.78, 5) is 12.4. The van der Waals surface area contributed by atoms with E-state index in [4.69, 9.17) is 4.74 Å². The first-order valence-corrected chi connectivity index (χ1v) is 6.64. The van der Waals surface area contributed by atoms with Gasteiger partial charge in [0.25, 0.3) is 0 Å². The van der Waals surface area contributed by atoms with Crippen molar-refractivity contribution in [2.45, 2.75) is 6.92 Å². The van der Waals surface area contributed by atoms with E-state index < -0.39 is 5.82 Å². The van der Waals surface area contributed by atoms with Crippen LogP contribution in [0, 0.1) is 5.82 Å². The maximum atomic E-state index is 13.2. The molecule has 0 heterocycles. The quantitative estimate of drug-likeness (QED) is 0.788. The standard InChI is InChI=1S/C15H12BrFO2/c1-2-19-14-6-4-3-5-11(14)15(18)10-7-8-13(17)12(16)9-10/h3-9H,2H2,1H3. The van der Waals surface area contributed by atoms with Crippen LogP contribution in [-0.2, 0) is 0 Å². The molecule has 0 saturated carbocycles. The monoisotopic (exact) mass is 322 g/mol. The minimum atomic E-state index is -0.394. The largest absolute Gasteiger partial charge is 0.493 e. The minimum Gasteiger partial charge on any atom is -0.493 e. The lowest BCUT2D eigenvalue weighted by Gasteiger charge is -2.09. The van der Waals surface area contributed by atoms with Crippen molar-refractivity contribution in [2.75, 3.05) is 6.61 Å². The number of halogens is 2. The molecule has 98 valence electrons. The Labute approximate surface area is 119 Å². The number of carbonyl (C=O) groups excluding carboxylic acids is 1. The molecule has 0 radical (unpaired) electrons. The van der Waals surface area contributed by atoms with Crippen LogP contribution in [-0.4, -0.2) is 12.4 Å². The summed E-state index contributed by atoms with van der Waals surface area (Å²) in [5.41, 5.74) is 0.892. The lowest BCUT2D eigenvalue weighted by Crippen LogP contribution is -2.05. The van der Waals surface area contributed by atoms with Crippen LogP contribution in [0.3, 0.4) is 0 Å². The van der Waals surface area contributed by atoms with Gasteiger partial charge in [0, 0.05) is 5.56 Å². The molecule has 0 spiro atoms. The van der Waals surface area contributed by atoms with Crippen molar-refractivity contribution in [3.8, 4) is 5.75 Å². The predicted octanol–water partition coefficient (Wildman–Crippen LogP) is 4.22. The van der Waals surface area contributed by atoms with E-state index in [1.54, 1.807) is 18.2 Å². The van der Waals surface area contributed by atoms with Gasteiger partial charge >= 0.3 is 0 Å². The van der Waals surface area contributed by atoms with Crippen molar-refractivity contribution in [3.63, 3.8) is 0 Å². The Balaban J connectivity index is 2.41. The van der Waals surface area contributed by atoms with Crippen LogP contribution in [0.25, 0.3) is 0 Å². The first-order chi connectivity index (χ1) is 9.13. The van der Waals surface area contributed by atoms with Gasteiger partial charge in [0.15, 0.2) is 5.78 Å². The van der Waals surface area contributed by atoms with E-state index in [9.17, 15) is 9.18 Å². The maximum absolute atomic E-state index is 13.2. The SMILES string of the molecule is CCOc1ccccc1C(=O)c1ccc(F)c(Br)c1. The van der Waals surface area contributed by atoms with Crippen LogP contribution < -0.4 is 4.74 Å². The number of para-hydroxylation sites is 1. The predicted molar refractivity (Wildman–Crippen MR) is 75.1 cm³/mol. The number of carbonyl (C=O) groups is 1. The Hall–Kier alpha value is -1.68. The van der Waals surface area contributed by atoms with E-state index in [0.29, 0.717) is 23.5 Å². The van der Waals surface area contributed by atoms with E-state index in [0.717, 1.165) is 0 Å². The first-order valence-electron chi connectivity index (χ1n) is 5.85. The van der Waals surface area contributed by atoms with Gasteiger partial charge in [0.1, 0.15) is 11.6 Å². The van der Waals surface area contributed by atoms with E-state index in [1.807, 2.05) is 13.0 Å². The summed E-state index contributed by atoms with van der Waals surface area (Å²) in [5.74, 6) is -0.0464. The zero-order valence-corrected chi connectivity index (χ0v) is 11.9. The van der Waals surface area contributed by atoms with Crippen molar-refractivity contribution in [1.82, 2.24) is 0 Å². The molecule has 0 amide bonds. The molecule has 0 saturated heterocycles. The molecule has 0 aliphatic carbocycles. The Morgan fingerprint density at radius 2 is 2.00 bits per heavy atom. The summed E-state index contributed by atoms with van der Waals surface area (Å²) in [6.45, 7) is 2.34. The van der Waals surface area contributed by atoms with Crippen molar-refractivity contribution < 1.29 is 13.9 Å². The highest BCUT2D eigenvalue weighted by molar-refractivity contribution is 9.10. The second kappa shape index (κ2) is 5.97. The Bertz CT molecular complexity index is 611. The highest BCUT2D eigenvalue weighted by Gasteiger charge is 2.15. The van der Waals surface area contributed by atoms with Gasteiger partial charge in [-0.25, -0.2) is 4.39 Å². The van der Waals surface area contributed by atoms with E-state index in [-0.39, 0.29) is 10.3 Å². The highest BCUT2D eigenvalue weighted by atomic mass is 79.9. The molecule has 2 aromatic carbocycles. The molecule has 2 rings (SSSR count). The number of hydrogen-bond donors (Lipinski definition) is 0. The van der Waals surface area contributed by atoms with Gasteiger partial charge in [-0.15, -0.1) is 0 Å². The van der Waals surface area contributed by atoms with Crippen molar-refractivity contribution in [1.29, 1.82) is 0 Å². The molecular weight excluding hydrogens is 311 g/mol. The second-order valence-electron chi connectivity index (χ2n) is 3.89. The van der Waals surface area contributed by atoms with Gasteiger partial charge in [0.2, 0.25) is 0 Å². The third-order valence-electron chi connectivity index (χ3n) is 2.61. The van der Waals surface area contributed by atoms with Crippen molar-refractivity contribution in [3.05, 3.63) is 63.9 Å². The van der Waals surface area contributed by atoms with E-state index >= 15 is 0 Å². The van der Waals surface area contributed by atoms with Crippen LogP contribution in [0.4, 0.5) is 4.39 Å². The van der Waals surface area contributed by atoms with Gasteiger partial charge in [-0.05, 0) is 53.2 Å². The lowest BCUT2D eigenvalue weighted by molar-refractivity contribution is 0.103. The van der Waals surface area contributed by atoms with Crippen LogP contribution in [0.5, 0.6) is 5.75 Å². The Morgan fingerprint density at radius 3 is 2.68 bits per heavy atom. The Kier molecular flexibility index (Phi) is 4.32. The van der Waals surface area contributed by atoms with Crippen LogP contribution in [0.1, 0.15) is 22.8 Å². The molecular formula is C15H12BrFO2. The molecule has 0 unspecified atom stereocenters. The summed E-state index contributed by atoms with van der Waals surface area (Å²) in [6, 6.07) is 11.2. The number of ketones is 1. The lowest BCUT2D eigenvalue weighted by atomic mass is 10.0. The number of ether oxygens (including phenoxy) is 1. The molecule has 0 bridgehead atoms. The molecule has 0 aliphatic rings. The van der Waals surface area contributed by atoms with E-state index in [2.05, 4.69) is 15.9 Å². The summed E-state index contributed by atoms with van der Waals surface area (Å²) in [5, 5.41) is 0. The fourth-order valence-corrected chi connectivity index (χ4v) is 2.11. The van der Waals surface area contributed by atoms with Crippen LogP contribution in [0.15, 0.2) is 46.9 Å². The summed E-state index contributed by atoms with van der Waals surface area (Å²) in [6.07, 6.45) is 0. The second-order valence-corrected chi connectivity index (χ2v) is 4.74. The highest BCUT2D eigenvalue weighted by Crippen LogP contribution is 2.24. The molecule has 0 aliphatic heterocycles. The molecule has 0 fully saturated rings. The number of rotatable bonds is 4. The average molecular weight is 323 g/mol. The van der Waals surface area contributed by atoms with Crippen molar-refractivity contribution >= 4 is 21.7 Å². The molecule has 19 heavy (non-hydrogen) atoms. The molecule has 2 nitrogen and oxygen atoms in total. The fourth-order valence-electron chi connectivity index (χ4n) is 1.73. The third kappa shape index (κ3) is 3.01. The van der Waals surface area contributed by atoms with Crippen molar-refractivity contribution in [2.24, 2.45) is 0 Å². The average Bonchev–Trinajstić information content (AvgIpc) is 2.42. The third-order valence-corrected chi connectivity index (χ3v) is 3.22. The molecule has 2 aromatic rings. The normalized spacial score (nSPS) is 10.3. The Morgan fingerprint density at radius 1 is 1.26 bits per heavy atom. The van der Waals surface area contributed by atoms with Gasteiger partial charge in [-0.2, -0.15) is 0 Å². The number of hydrogen-bond acceptors (Lipinski definition) is 2. The van der Waals surface area contributed by atoms with E-state index in [1.165, 1.54) is 18.2 Å². The topological polar surface area (TPSA) is 26.3 Å². The molecule has 0 aromatic heterocycles. The van der Waals surface area contributed by atoms with Gasteiger partial charge < -0.3 is 4.74 Å². The molecule has 4 heteroatoms. The van der Waals surface area contributed by atoms with Gasteiger partial charge in [0.05, 0.1) is 16.6 Å². The molecule has 0 atom stereocenters. The zero-order valence-electron chi connectivity index (χ0n) is 10.3. The summed E-state index contributed by atoms with van der Waals surface area (Å²) < 4.78 is 18.9.